The molecule has 0 saturated carbocycles. The third-order valence-electron chi connectivity index (χ3n) is 3.83. The van der Waals surface area contributed by atoms with Gasteiger partial charge in [0.1, 0.15) is 12.4 Å². The molecule has 0 bridgehead atoms. The van der Waals surface area contributed by atoms with Crippen LogP contribution < -0.4 is 10.5 Å². The molecule has 1 aliphatic heterocycles. The SMILES string of the molecule is CC(N)c1ccc(OCC2CCCCN2C)c(Br)c1. The van der Waals surface area contributed by atoms with Crippen molar-refractivity contribution in [2.24, 2.45) is 5.73 Å². The largest absolute Gasteiger partial charge is 0.491 e. The summed E-state index contributed by atoms with van der Waals surface area (Å²) < 4.78 is 6.94. The Morgan fingerprint density at radius 3 is 2.89 bits per heavy atom. The highest BCUT2D eigenvalue weighted by atomic mass is 79.9. The number of nitrogens with two attached hydrogens (primary N) is 1. The van der Waals surface area contributed by atoms with Gasteiger partial charge in [0, 0.05) is 12.1 Å². The van der Waals surface area contributed by atoms with E-state index in [1.165, 1.54) is 25.8 Å². The average molecular weight is 327 g/mol. The number of rotatable bonds is 4. The Hall–Kier alpha value is -0.580. The molecule has 2 rings (SSSR count). The van der Waals surface area contributed by atoms with Crippen molar-refractivity contribution in [1.82, 2.24) is 4.90 Å². The molecule has 0 amide bonds. The minimum atomic E-state index is 0.0508. The summed E-state index contributed by atoms with van der Waals surface area (Å²) in [5.41, 5.74) is 6.99. The van der Waals surface area contributed by atoms with E-state index in [1.54, 1.807) is 0 Å². The Labute approximate surface area is 124 Å². The molecule has 0 aliphatic carbocycles. The fourth-order valence-electron chi connectivity index (χ4n) is 2.46. The van der Waals surface area contributed by atoms with Crippen LogP contribution in [0.5, 0.6) is 5.75 Å². The van der Waals surface area contributed by atoms with Crippen LogP contribution in [0, 0.1) is 0 Å². The molecule has 0 aromatic heterocycles. The van der Waals surface area contributed by atoms with Gasteiger partial charge in [0.05, 0.1) is 4.47 Å². The molecule has 1 fully saturated rings. The van der Waals surface area contributed by atoms with Gasteiger partial charge in [-0.25, -0.2) is 0 Å². The number of benzene rings is 1. The van der Waals surface area contributed by atoms with Crippen LogP contribution in [-0.2, 0) is 0 Å². The first-order valence-corrected chi connectivity index (χ1v) is 7.75. The molecule has 1 saturated heterocycles. The Bertz CT molecular complexity index is 423. The quantitative estimate of drug-likeness (QED) is 0.922. The lowest BCUT2D eigenvalue weighted by atomic mass is 10.0. The zero-order valence-electron chi connectivity index (χ0n) is 11.7. The second-order valence-corrected chi connectivity index (χ2v) is 6.27. The van der Waals surface area contributed by atoms with Crippen molar-refractivity contribution in [2.75, 3.05) is 20.2 Å². The smallest absolute Gasteiger partial charge is 0.133 e. The maximum absolute atomic E-state index is 5.95. The Morgan fingerprint density at radius 2 is 2.26 bits per heavy atom. The average Bonchev–Trinajstić information content (AvgIpc) is 2.39. The number of likely N-dealkylation sites (tertiary alicyclic amines) is 1. The monoisotopic (exact) mass is 326 g/mol. The number of hydrogen-bond donors (Lipinski definition) is 1. The maximum atomic E-state index is 5.95. The number of ether oxygens (including phenoxy) is 1. The zero-order valence-corrected chi connectivity index (χ0v) is 13.3. The lowest BCUT2D eigenvalue weighted by Crippen LogP contribution is -2.40. The first-order chi connectivity index (χ1) is 9.08. The molecular formula is C15H23BrN2O. The molecule has 0 radical (unpaired) electrons. The molecule has 4 heteroatoms. The van der Waals surface area contributed by atoms with E-state index in [4.69, 9.17) is 10.5 Å². The summed E-state index contributed by atoms with van der Waals surface area (Å²) in [5, 5.41) is 0. The number of likely N-dealkylation sites (N-methyl/N-ethyl adjacent to an activating group) is 1. The summed E-state index contributed by atoms with van der Waals surface area (Å²) >= 11 is 3.56. The van der Waals surface area contributed by atoms with Crippen molar-refractivity contribution in [3.05, 3.63) is 28.2 Å². The van der Waals surface area contributed by atoms with Gasteiger partial charge in [-0.3, -0.25) is 0 Å². The van der Waals surface area contributed by atoms with Gasteiger partial charge in [0.15, 0.2) is 0 Å². The summed E-state index contributed by atoms with van der Waals surface area (Å²) in [6.07, 6.45) is 3.84. The van der Waals surface area contributed by atoms with Gasteiger partial charge in [-0.2, -0.15) is 0 Å². The summed E-state index contributed by atoms with van der Waals surface area (Å²) in [5.74, 6) is 0.906. The Balaban J connectivity index is 1.95. The van der Waals surface area contributed by atoms with Crippen LogP contribution in [0.3, 0.4) is 0 Å². The predicted molar refractivity (Wildman–Crippen MR) is 82.5 cm³/mol. The molecule has 19 heavy (non-hydrogen) atoms. The number of hydrogen-bond acceptors (Lipinski definition) is 3. The Kier molecular flexibility index (Phi) is 5.25. The van der Waals surface area contributed by atoms with Crippen LogP contribution in [0.1, 0.15) is 37.8 Å². The minimum Gasteiger partial charge on any atom is -0.491 e. The van der Waals surface area contributed by atoms with Crippen molar-refractivity contribution in [2.45, 2.75) is 38.3 Å². The second-order valence-electron chi connectivity index (χ2n) is 5.42. The lowest BCUT2D eigenvalue weighted by molar-refractivity contribution is 0.124. The minimum absolute atomic E-state index is 0.0508. The standard InChI is InChI=1S/C15H23BrN2O/c1-11(17)12-6-7-15(14(16)9-12)19-10-13-5-3-4-8-18(13)2/h6-7,9,11,13H,3-5,8,10,17H2,1-2H3. The molecule has 1 aromatic rings. The van der Waals surface area contributed by atoms with Crippen LogP contribution in [-0.4, -0.2) is 31.1 Å². The van der Waals surface area contributed by atoms with E-state index in [1.807, 2.05) is 25.1 Å². The zero-order chi connectivity index (χ0) is 13.8. The summed E-state index contributed by atoms with van der Waals surface area (Å²) in [6, 6.07) is 6.68. The molecule has 3 nitrogen and oxygen atoms in total. The molecule has 2 unspecified atom stereocenters. The van der Waals surface area contributed by atoms with Crippen LogP contribution in [0.25, 0.3) is 0 Å². The maximum Gasteiger partial charge on any atom is 0.133 e. The van der Waals surface area contributed by atoms with Gasteiger partial charge in [-0.05, 0) is 67.0 Å². The van der Waals surface area contributed by atoms with Crippen molar-refractivity contribution in [3.8, 4) is 5.75 Å². The highest BCUT2D eigenvalue weighted by Gasteiger charge is 2.19. The van der Waals surface area contributed by atoms with E-state index in [0.29, 0.717) is 6.04 Å². The lowest BCUT2D eigenvalue weighted by Gasteiger charge is -2.32. The van der Waals surface area contributed by atoms with Gasteiger partial charge in [0.25, 0.3) is 0 Å². The first kappa shape index (κ1) is 14.8. The second kappa shape index (κ2) is 6.73. The van der Waals surface area contributed by atoms with Gasteiger partial charge in [-0.1, -0.05) is 12.5 Å². The topological polar surface area (TPSA) is 38.5 Å². The number of piperidine rings is 1. The van der Waals surface area contributed by atoms with E-state index in [2.05, 4.69) is 27.9 Å². The normalized spacial score (nSPS) is 22.2. The van der Waals surface area contributed by atoms with E-state index in [9.17, 15) is 0 Å². The summed E-state index contributed by atoms with van der Waals surface area (Å²) in [6.45, 7) is 3.92. The Morgan fingerprint density at radius 1 is 1.47 bits per heavy atom. The fourth-order valence-corrected chi connectivity index (χ4v) is 2.97. The van der Waals surface area contributed by atoms with Crippen LogP contribution >= 0.6 is 15.9 Å². The van der Waals surface area contributed by atoms with Crippen LogP contribution in [0.2, 0.25) is 0 Å². The molecule has 0 spiro atoms. The highest BCUT2D eigenvalue weighted by Crippen LogP contribution is 2.28. The number of nitrogens with zero attached hydrogens (tertiary/aromatic N) is 1. The van der Waals surface area contributed by atoms with E-state index in [-0.39, 0.29) is 6.04 Å². The first-order valence-electron chi connectivity index (χ1n) is 6.96. The van der Waals surface area contributed by atoms with Crippen molar-refractivity contribution in [3.63, 3.8) is 0 Å². The van der Waals surface area contributed by atoms with Crippen molar-refractivity contribution < 1.29 is 4.74 Å². The van der Waals surface area contributed by atoms with Gasteiger partial charge in [-0.15, -0.1) is 0 Å². The predicted octanol–water partition coefficient (Wildman–Crippen LogP) is 3.33. The molecule has 2 atom stereocenters. The fraction of sp³-hybridized carbons (Fsp3) is 0.600. The third-order valence-corrected chi connectivity index (χ3v) is 4.45. The van der Waals surface area contributed by atoms with Crippen molar-refractivity contribution >= 4 is 15.9 Å². The van der Waals surface area contributed by atoms with Crippen molar-refractivity contribution in [1.29, 1.82) is 0 Å². The molecule has 1 aromatic carbocycles. The van der Waals surface area contributed by atoms with E-state index >= 15 is 0 Å². The molecule has 1 aliphatic rings. The summed E-state index contributed by atoms with van der Waals surface area (Å²) in [4.78, 5) is 2.40. The van der Waals surface area contributed by atoms with E-state index in [0.717, 1.165) is 22.4 Å². The molecule has 2 N–H and O–H groups in total. The number of halogens is 1. The molecule has 1 heterocycles. The van der Waals surface area contributed by atoms with E-state index < -0.39 is 0 Å². The van der Waals surface area contributed by atoms with Crippen LogP contribution in [0.4, 0.5) is 0 Å². The summed E-state index contributed by atoms with van der Waals surface area (Å²) in [7, 11) is 2.18. The molecule has 106 valence electrons. The van der Waals surface area contributed by atoms with Gasteiger partial charge >= 0.3 is 0 Å². The van der Waals surface area contributed by atoms with Gasteiger partial charge < -0.3 is 15.4 Å². The highest BCUT2D eigenvalue weighted by molar-refractivity contribution is 9.10. The third kappa shape index (κ3) is 3.94. The van der Waals surface area contributed by atoms with Crippen LogP contribution in [0.15, 0.2) is 22.7 Å². The van der Waals surface area contributed by atoms with Gasteiger partial charge in [0.2, 0.25) is 0 Å². The molecular weight excluding hydrogens is 304 g/mol.